The van der Waals surface area contributed by atoms with Crippen LogP contribution in [0.4, 0.5) is 11.4 Å². The lowest BCUT2D eigenvalue weighted by atomic mass is 10.1. The van der Waals surface area contributed by atoms with Crippen molar-refractivity contribution in [3.8, 4) is 0 Å². The number of benzene rings is 3. The summed E-state index contributed by atoms with van der Waals surface area (Å²) < 4.78 is 5.66. The highest BCUT2D eigenvalue weighted by molar-refractivity contribution is 7.80. The lowest BCUT2D eigenvalue weighted by Crippen LogP contribution is -2.18. The number of hydrogen-bond acceptors (Lipinski definition) is 4. The van der Waals surface area contributed by atoms with Gasteiger partial charge in [0.25, 0.3) is 0 Å². The predicted octanol–water partition coefficient (Wildman–Crippen LogP) is 6.30. The predicted molar refractivity (Wildman–Crippen MR) is 122 cm³/mol. The van der Waals surface area contributed by atoms with Crippen molar-refractivity contribution in [3.05, 3.63) is 70.6 Å². The van der Waals surface area contributed by atoms with Gasteiger partial charge in [-0.15, -0.1) is 11.3 Å². The minimum Gasteiger partial charge on any atom is -0.465 e. The first-order chi connectivity index (χ1) is 13.5. The first kappa shape index (κ1) is 18.7. The minimum absolute atomic E-state index is 0.396. The molecule has 4 nitrogen and oxygen atoms in total. The normalized spacial score (nSPS) is 10.8. The van der Waals surface area contributed by atoms with Gasteiger partial charge in [-0.1, -0.05) is 41.9 Å². The van der Waals surface area contributed by atoms with Gasteiger partial charge in [0.15, 0.2) is 5.11 Å². The first-order valence-corrected chi connectivity index (χ1v) is 10.0. The van der Waals surface area contributed by atoms with E-state index in [9.17, 15) is 4.79 Å². The fourth-order valence-corrected chi connectivity index (χ4v) is 4.63. The Bertz CT molecular complexity index is 1220. The third-order valence-electron chi connectivity index (χ3n) is 4.27. The average Bonchev–Trinajstić information content (AvgIpc) is 3.03. The Labute approximate surface area is 176 Å². The molecule has 4 aromatic rings. The Morgan fingerprint density at radius 3 is 2.43 bits per heavy atom. The van der Waals surface area contributed by atoms with Gasteiger partial charge in [0.1, 0.15) is 4.88 Å². The van der Waals surface area contributed by atoms with Crippen molar-refractivity contribution in [2.45, 2.75) is 0 Å². The average molecular weight is 427 g/mol. The number of halogens is 1. The molecular weight excluding hydrogens is 412 g/mol. The van der Waals surface area contributed by atoms with E-state index in [1.165, 1.54) is 23.8 Å². The number of anilines is 2. The Balaban J connectivity index is 1.53. The fourth-order valence-electron chi connectivity index (χ4n) is 2.93. The van der Waals surface area contributed by atoms with Crippen molar-refractivity contribution in [2.24, 2.45) is 0 Å². The number of ether oxygens (including phenoxy) is 1. The van der Waals surface area contributed by atoms with Crippen LogP contribution in [0.2, 0.25) is 5.02 Å². The zero-order valence-electron chi connectivity index (χ0n) is 14.8. The number of nitrogens with one attached hydrogen (secondary N) is 2. The quantitative estimate of drug-likeness (QED) is 0.297. The largest absolute Gasteiger partial charge is 0.465 e. The maximum absolute atomic E-state index is 11.8. The topological polar surface area (TPSA) is 50.4 Å². The highest BCUT2D eigenvalue weighted by atomic mass is 35.5. The number of fused-ring (bicyclic) bond motifs is 2. The summed E-state index contributed by atoms with van der Waals surface area (Å²) in [6.07, 6.45) is 0. The van der Waals surface area contributed by atoms with Crippen LogP contribution in [0, 0.1) is 0 Å². The molecule has 1 aromatic heterocycles. The van der Waals surface area contributed by atoms with E-state index in [0.29, 0.717) is 15.0 Å². The maximum atomic E-state index is 11.8. The van der Waals surface area contributed by atoms with Crippen LogP contribution in [0.1, 0.15) is 9.67 Å². The molecule has 0 amide bonds. The number of hydrogen-bond donors (Lipinski definition) is 2. The van der Waals surface area contributed by atoms with Crippen molar-refractivity contribution in [1.82, 2.24) is 0 Å². The second kappa shape index (κ2) is 7.75. The molecular formula is C21H15ClN2O2S2. The summed E-state index contributed by atoms with van der Waals surface area (Å²) in [5.74, 6) is -0.436. The number of carbonyl (C=O) groups is 1. The number of thiophene rings is 1. The molecule has 0 aliphatic rings. The van der Waals surface area contributed by atoms with Gasteiger partial charge in [-0.2, -0.15) is 0 Å². The summed E-state index contributed by atoms with van der Waals surface area (Å²) >= 11 is 13.0. The van der Waals surface area contributed by atoms with E-state index in [-0.39, 0.29) is 0 Å². The van der Waals surface area contributed by atoms with E-state index in [4.69, 9.17) is 28.6 Å². The molecule has 7 heteroatoms. The van der Waals surface area contributed by atoms with Crippen molar-refractivity contribution >= 4 is 78.5 Å². The van der Waals surface area contributed by atoms with E-state index in [1.54, 1.807) is 0 Å². The lowest BCUT2D eigenvalue weighted by molar-refractivity contribution is 0.0606. The lowest BCUT2D eigenvalue weighted by Gasteiger charge is -2.11. The fraction of sp³-hybridized carbons (Fsp3) is 0.0476. The summed E-state index contributed by atoms with van der Waals surface area (Å²) in [7, 11) is 1.34. The summed E-state index contributed by atoms with van der Waals surface area (Å²) in [6.45, 7) is 0. The first-order valence-electron chi connectivity index (χ1n) is 8.42. The van der Waals surface area contributed by atoms with Crippen LogP contribution in [-0.2, 0) is 4.74 Å². The van der Waals surface area contributed by atoms with Crippen LogP contribution in [0.25, 0.3) is 20.9 Å². The molecule has 0 saturated heterocycles. The zero-order valence-corrected chi connectivity index (χ0v) is 17.2. The molecule has 28 heavy (non-hydrogen) atoms. The van der Waals surface area contributed by atoms with Crippen LogP contribution in [0.3, 0.4) is 0 Å². The second-order valence-corrected chi connectivity index (χ2v) is 7.93. The number of thiocarbonyl (C=S) groups is 1. The van der Waals surface area contributed by atoms with Crippen LogP contribution >= 0.6 is 35.2 Å². The molecule has 4 rings (SSSR count). The van der Waals surface area contributed by atoms with E-state index in [1.807, 2.05) is 48.5 Å². The zero-order chi connectivity index (χ0) is 19.7. The van der Waals surface area contributed by atoms with Crippen LogP contribution in [-0.4, -0.2) is 18.2 Å². The number of esters is 1. The van der Waals surface area contributed by atoms with Crippen LogP contribution < -0.4 is 10.6 Å². The number of carbonyl (C=O) groups excluding carboxylic acids is 1. The molecule has 0 bridgehead atoms. The van der Waals surface area contributed by atoms with Crippen molar-refractivity contribution in [3.63, 3.8) is 0 Å². The molecule has 3 aromatic carbocycles. The molecule has 0 atom stereocenters. The van der Waals surface area contributed by atoms with Gasteiger partial charge in [-0.3, -0.25) is 0 Å². The third-order valence-corrected chi connectivity index (χ3v) is 6.11. The number of rotatable bonds is 3. The van der Waals surface area contributed by atoms with Gasteiger partial charge in [0, 0.05) is 21.5 Å². The highest BCUT2D eigenvalue weighted by Gasteiger charge is 2.17. The molecule has 0 radical (unpaired) electrons. The molecule has 0 saturated carbocycles. The van der Waals surface area contributed by atoms with E-state index in [0.717, 1.165) is 26.8 Å². The molecule has 0 fully saturated rings. The summed E-state index contributed by atoms with van der Waals surface area (Å²) in [6, 6.07) is 19.9. The Morgan fingerprint density at radius 1 is 1.00 bits per heavy atom. The van der Waals surface area contributed by atoms with Gasteiger partial charge in [-0.05, 0) is 53.3 Å². The third kappa shape index (κ3) is 3.67. The Hall–Kier alpha value is -2.67. The minimum atomic E-state index is -0.436. The second-order valence-electron chi connectivity index (χ2n) is 6.09. The Morgan fingerprint density at radius 2 is 1.68 bits per heavy atom. The summed E-state index contributed by atoms with van der Waals surface area (Å²) in [5.41, 5.74) is 1.71. The highest BCUT2D eigenvalue weighted by Crippen LogP contribution is 2.37. The molecule has 0 spiro atoms. The van der Waals surface area contributed by atoms with Gasteiger partial charge in [0.2, 0.25) is 0 Å². The smallest absolute Gasteiger partial charge is 0.349 e. The summed E-state index contributed by atoms with van der Waals surface area (Å²) in [4.78, 5) is 12.2. The van der Waals surface area contributed by atoms with Gasteiger partial charge in [0.05, 0.1) is 12.1 Å². The van der Waals surface area contributed by atoms with Gasteiger partial charge in [-0.25, -0.2) is 4.79 Å². The standard InChI is InChI=1S/C21H15ClN2O2S2/c1-26-20(25)19-18(22)16-9-8-15(11-17(16)28-19)24-21(27)23-14-7-6-12-4-2-3-5-13(12)10-14/h2-11H,1H3,(H2,23,24,27). The van der Waals surface area contributed by atoms with Crippen molar-refractivity contribution in [1.29, 1.82) is 0 Å². The molecule has 2 N–H and O–H groups in total. The monoisotopic (exact) mass is 426 g/mol. The molecule has 1 heterocycles. The van der Waals surface area contributed by atoms with Crippen LogP contribution in [0.5, 0.6) is 0 Å². The molecule has 0 aliphatic carbocycles. The van der Waals surface area contributed by atoms with E-state index >= 15 is 0 Å². The molecule has 0 unspecified atom stereocenters. The van der Waals surface area contributed by atoms with E-state index in [2.05, 4.69) is 22.8 Å². The van der Waals surface area contributed by atoms with E-state index < -0.39 is 5.97 Å². The van der Waals surface area contributed by atoms with Gasteiger partial charge >= 0.3 is 5.97 Å². The van der Waals surface area contributed by atoms with Gasteiger partial charge < -0.3 is 15.4 Å². The Kier molecular flexibility index (Phi) is 5.17. The molecule has 0 aliphatic heterocycles. The molecule has 140 valence electrons. The van der Waals surface area contributed by atoms with Crippen LogP contribution in [0.15, 0.2) is 60.7 Å². The maximum Gasteiger partial charge on any atom is 0.349 e. The summed E-state index contributed by atoms with van der Waals surface area (Å²) in [5, 5.41) is 10.4. The number of methoxy groups -OCH3 is 1. The van der Waals surface area contributed by atoms with Crippen molar-refractivity contribution < 1.29 is 9.53 Å². The SMILES string of the molecule is COC(=O)c1sc2cc(NC(=S)Nc3ccc4ccccc4c3)ccc2c1Cl. The van der Waals surface area contributed by atoms with Crippen molar-refractivity contribution in [2.75, 3.05) is 17.7 Å².